The molecule has 2 rings (SSSR count). The molecule has 0 saturated heterocycles. The zero-order valence-corrected chi connectivity index (χ0v) is 11.4. The Balaban J connectivity index is 2.00. The van der Waals surface area contributed by atoms with E-state index in [0.29, 0.717) is 18.1 Å². The number of rotatable bonds is 4. The van der Waals surface area contributed by atoms with Gasteiger partial charge >= 0.3 is 0 Å². The van der Waals surface area contributed by atoms with Crippen molar-refractivity contribution in [3.05, 3.63) is 29.8 Å². The standard InChI is InChI=1S/C15H24N2O/c1-11(14-8-3-4-9-15(14)18-2)17-13-7-5-6-12(16)10-13/h3-4,8-9,11-13,17H,5-7,10,16H2,1-2H3. The Morgan fingerprint density at radius 1 is 1.33 bits per heavy atom. The van der Waals surface area contributed by atoms with Gasteiger partial charge in [0.05, 0.1) is 7.11 Å². The average Bonchev–Trinajstić information content (AvgIpc) is 2.38. The molecule has 0 bridgehead atoms. The zero-order chi connectivity index (χ0) is 13.0. The zero-order valence-electron chi connectivity index (χ0n) is 11.4. The maximum atomic E-state index is 6.03. The summed E-state index contributed by atoms with van der Waals surface area (Å²) >= 11 is 0. The van der Waals surface area contributed by atoms with Crippen LogP contribution in [0.4, 0.5) is 0 Å². The van der Waals surface area contributed by atoms with E-state index in [0.717, 1.165) is 12.2 Å². The van der Waals surface area contributed by atoms with E-state index in [9.17, 15) is 0 Å². The number of hydrogen-bond acceptors (Lipinski definition) is 3. The lowest BCUT2D eigenvalue weighted by atomic mass is 9.90. The predicted molar refractivity (Wildman–Crippen MR) is 74.8 cm³/mol. The van der Waals surface area contributed by atoms with Crippen LogP contribution < -0.4 is 15.8 Å². The first-order valence-corrected chi connectivity index (χ1v) is 6.85. The fraction of sp³-hybridized carbons (Fsp3) is 0.600. The molecular formula is C15H24N2O. The van der Waals surface area contributed by atoms with Crippen LogP contribution in [0.3, 0.4) is 0 Å². The van der Waals surface area contributed by atoms with E-state index < -0.39 is 0 Å². The predicted octanol–water partition coefficient (Wildman–Crippen LogP) is 2.62. The van der Waals surface area contributed by atoms with Crippen LogP contribution in [0.5, 0.6) is 5.75 Å². The van der Waals surface area contributed by atoms with Gasteiger partial charge in [-0.15, -0.1) is 0 Å². The summed E-state index contributed by atoms with van der Waals surface area (Å²) < 4.78 is 5.41. The van der Waals surface area contributed by atoms with Crippen molar-refractivity contribution in [2.24, 2.45) is 5.73 Å². The smallest absolute Gasteiger partial charge is 0.123 e. The highest BCUT2D eigenvalue weighted by atomic mass is 16.5. The molecule has 0 aromatic heterocycles. The average molecular weight is 248 g/mol. The second-order valence-electron chi connectivity index (χ2n) is 5.25. The number of para-hydroxylation sites is 1. The Morgan fingerprint density at radius 3 is 2.83 bits per heavy atom. The minimum atomic E-state index is 0.302. The normalized spacial score (nSPS) is 25.7. The first kappa shape index (κ1) is 13.4. The van der Waals surface area contributed by atoms with Crippen LogP contribution in [0.2, 0.25) is 0 Å². The fourth-order valence-electron chi connectivity index (χ4n) is 2.85. The van der Waals surface area contributed by atoms with Crippen molar-refractivity contribution in [1.29, 1.82) is 0 Å². The van der Waals surface area contributed by atoms with Gasteiger partial charge in [-0.2, -0.15) is 0 Å². The minimum Gasteiger partial charge on any atom is -0.496 e. The third kappa shape index (κ3) is 3.24. The molecule has 1 aromatic rings. The van der Waals surface area contributed by atoms with Gasteiger partial charge in [-0.1, -0.05) is 24.6 Å². The summed E-state index contributed by atoms with van der Waals surface area (Å²) in [6.07, 6.45) is 4.71. The van der Waals surface area contributed by atoms with Crippen molar-refractivity contribution in [1.82, 2.24) is 5.32 Å². The number of hydrogen-bond donors (Lipinski definition) is 2. The van der Waals surface area contributed by atoms with Crippen molar-refractivity contribution in [3.8, 4) is 5.75 Å². The molecule has 0 radical (unpaired) electrons. The molecule has 0 spiro atoms. The first-order valence-electron chi connectivity index (χ1n) is 6.85. The van der Waals surface area contributed by atoms with Gasteiger partial charge < -0.3 is 15.8 Å². The summed E-state index contributed by atoms with van der Waals surface area (Å²) in [7, 11) is 1.72. The lowest BCUT2D eigenvalue weighted by Gasteiger charge is -2.30. The van der Waals surface area contributed by atoms with Crippen LogP contribution in [0.25, 0.3) is 0 Å². The monoisotopic (exact) mass is 248 g/mol. The van der Waals surface area contributed by atoms with Crippen molar-refractivity contribution >= 4 is 0 Å². The molecule has 1 saturated carbocycles. The Morgan fingerprint density at radius 2 is 2.11 bits per heavy atom. The van der Waals surface area contributed by atoms with Crippen LogP contribution in [0, 0.1) is 0 Å². The van der Waals surface area contributed by atoms with Gasteiger partial charge in [0.1, 0.15) is 5.75 Å². The second kappa shape index (κ2) is 6.21. The molecule has 18 heavy (non-hydrogen) atoms. The molecule has 3 nitrogen and oxygen atoms in total. The number of benzene rings is 1. The molecular weight excluding hydrogens is 224 g/mol. The minimum absolute atomic E-state index is 0.302. The van der Waals surface area contributed by atoms with Gasteiger partial charge in [0.2, 0.25) is 0 Å². The second-order valence-corrected chi connectivity index (χ2v) is 5.25. The summed E-state index contributed by atoms with van der Waals surface area (Å²) in [5, 5.41) is 3.68. The molecule has 1 aliphatic rings. The fourth-order valence-corrected chi connectivity index (χ4v) is 2.85. The highest BCUT2D eigenvalue weighted by Crippen LogP contribution is 2.26. The maximum Gasteiger partial charge on any atom is 0.123 e. The molecule has 3 atom stereocenters. The Bertz CT molecular complexity index is 381. The van der Waals surface area contributed by atoms with Crippen LogP contribution >= 0.6 is 0 Å². The van der Waals surface area contributed by atoms with Crippen LogP contribution in [0.1, 0.15) is 44.2 Å². The molecule has 100 valence electrons. The van der Waals surface area contributed by atoms with Gasteiger partial charge in [0.15, 0.2) is 0 Å². The van der Waals surface area contributed by atoms with Crippen molar-refractivity contribution < 1.29 is 4.74 Å². The van der Waals surface area contributed by atoms with E-state index in [4.69, 9.17) is 10.5 Å². The van der Waals surface area contributed by atoms with E-state index >= 15 is 0 Å². The number of nitrogens with one attached hydrogen (secondary N) is 1. The Kier molecular flexibility index (Phi) is 4.61. The number of nitrogens with two attached hydrogens (primary N) is 1. The Labute approximate surface area is 110 Å². The third-order valence-electron chi connectivity index (χ3n) is 3.81. The van der Waals surface area contributed by atoms with Gasteiger partial charge in [-0.3, -0.25) is 0 Å². The largest absolute Gasteiger partial charge is 0.496 e. The van der Waals surface area contributed by atoms with E-state index in [2.05, 4.69) is 24.4 Å². The SMILES string of the molecule is COc1ccccc1C(C)NC1CCCC(N)C1. The lowest BCUT2D eigenvalue weighted by molar-refractivity contribution is 0.314. The highest BCUT2D eigenvalue weighted by molar-refractivity contribution is 5.35. The van der Waals surface area contributed by atoms with Crippen LogP contribution in [-0.2, 0) is 0 Å². The quantitative estimate of drug-likeness (QED) is 0.861. The van der Waals surface area contributed by atoms with E-state index in [1.165, 1.54) is 24.8 Å². The molecule has 0 heterocycles. The van der Waals surface area contributed by atoms with Crippen LogP contribution in [0.15, 0.2) is 24.3 Å². The van der Waals surface area contributed by atoms with Gasteiger partial charge in [0.25, 0.3) is 0 Å². The third-order valence-corrected chi connectivity index (χ3v) is 3.81. The molecule has 3 unspecified atom stereocenters. The topological polar surface area (TPSA) is 47.3 Å². The van der Waals surface area contributed by atoms with Crippen molar-refractivity contribution in [2.45, 2.75) is 50.7 Å². The van der Waals surface area contributed by atoms with E-state index in [1.54, 1.807) is 7.11 Å². The highest BCUT2D eigenvalue weighted by Gasteiger charge is 2.21. The molecule has 3 N–H and O–H groups in total. The summed E-state index contributed by atoms with van der Waals surface area (Å²) in [6, 6.07) is 9.40. The molecule has 0 amide bonds. The Hall–Kier alpha value is -1.06. The van der Waals surface area contributed by atoms with Crippen molar-refractivity contribution in [3.63, 3.8) is 0 Å². The molecule has 1 fully saturated rings. The number of ether oxygens (including phenoxy) is 1. The van der Waals surface area contributed by atoms with E-state index in [-0.39, 0.29) is 0 Å². The van der Waals surface area contributed by atoms with Gasteiger partial charge in [-0.25, -0.2) is 0 Å². The molecule has 0 aliphatic heterocycles. The molecule has 1 aromatic carbocycles. The molecule has 3 heteroatoms. The maximum absolute atomic E-state index is 6.03. The van der Waals surface area contributed by atoms with E-state index in [1.807, 2.05) is 12.1 Å². The number of methoxy groups -OCH3 is 1. The van der Waals surface area contributed by atoms with Crippen LogP contribution in [-0.4, -0.2) is 19.2 Å². The van der Waals surface area contributed by atoms with Gasteiger partial charge in [-0.05, 0) is 32.3 Å². The first-order chi connectivity index (χ1) is 8.70. The lowest BCUT2D eigenvalue weighted by Crippen LogP contribution is -2.40. The summed E-state index contributed by atoms with van der Waals surface area (Å²) in [4.78, 5) is 0. The molecule has 1 aliphatic carbocycles. The summed E-state index contributed by atoms with van der Waals surface area (Å²) in [5.41, 5.74) is 7.25. The van der Waals surface area contributed by atoms with Gasteiger partial charge in [0, 0.05) is 23.7 Å². The van der Waals surface area contributed by atoms with Crippen molar-refractivity contribution in [2.75, 3.05) is 7.11 Å². The summed E-state index contributed by atoms with van der Waals surface area (Å²) in [5.74, 6) is 0.956. The summed E-state index contributed by atoms with van der Waals surface area (Å²) in [6.45, 7) is 2.19.